The first-order valence-electron chi connectivity index (χ1n) is 10.4. The lowest BCUT2D eigenvalue weighted by atomic mass is 10.1. The van der Waals surface area contributed by atoms with Gasteiger partial charge in [-0.15, -0.1) is 0 Å². The molecule has 0 aromatic heterocycles. The number of ether oxygens (including phenoxy) is 1. The number of hydrogen-bond donors (Lipinski definition) is 1. The zero-order chi connectivity index (χ0) is 20.8. The molecule has 3 aromatic rings. The van der Waals surface area contributed by atoms with E-state index in [9.17, 15) is 5.11 Å². The van der Waals surface area contributed by atoms with Crippen molar-refractivity contribution in [3.63, 3.8) is 0 Å². The normalized spacial score (nSPS) is 15.7. The second kappa shape index (κ2) is 9.98. The minimum atomic E-state index is -0.523. The molecule has 4 nitrogen and oxygen atoms in total. The van der Waals surface area contributed by atoms with Crippen molar-refractivity contribution < 1.29 is 9.84 Å². The minimum absolute atomic E-state index is 0.287. The number of aliphatic hydroxyl groups excluding tert-OH is 1. The van der Waals surface area contributed by atoms with Gasteiger partial charge in [-0.2, -0.15) is 0 Å². The van der Waals surface area contributed by atoms with Gasteiger partial charge in [0.1, 0.15) is 18.5 Å². The quantitative estimate of drug-likeness (QED) is 0.605. The van der Waals surface area contributed by atoms with Crippen LogP contribution in [0.4, 0.5) is 5.69 Å². The van der Waals surface area contributed by atoms with Crippen molar-refractivity contribution in [3.05, 3.63) is 83.9 Å². The van der Waals surface area contributed by atoms with Crippen LogP contribution < -0.4 is 9.64 Å². The molecule has 1 unspecified atom stereocenters. The largest absolute Gasteiger partial charge is 0.491 e. The molecule has 1 fully saturated rings. The Morgan fingerprint density at radius 2 is 1.43 bits per heavy atom. The summed E-state index contributed by atoms with van der Waals surface area (Å²) in [6.07, 6.45) is -0.523. The van der Waals surface area contributed by atoms with Crippen molar-refractivity contribution in [1.29, 1.82) is 0 Å². The lowest BCUT2D eigenvalue weighted by Crippen LogP contribution is -2.49. The highest BCUT2D eigenvalue weighted by Gasteiger charge is 2.20. The summed E-state index contributed by atoms with van der Waals surface area (Å²) < 4.78 is 5.80. The van der Waals surface area contributed by atoms with Crippen LogP contribution in [0.25, 0.3) is 11.1 Å². The van der Waals surface area contributed by atoms with Crippen molar-refractivity contribution >= 4 is 17.3 Å². The van der Waals surface area contributed by atoms with Gasteiger partial charge >= 0.3 is 0 Å². The molecule has 5 heteroatoms. The maximum atomic E-state index is 10.4. The number of hydrogen-bond acceptors (Lipinski definition) is 4. The molecular formula is C25H27ClN2O2. The molecule has 1 N–H and O–H groups in total. The molecule has 1 saturated heterocycles. The minimum Gasteiger partial charge on any atom is -0.491 e. The SMILES string of the molecule is OC(COc1ccc(-c2ccccc2)cc1)CN1CCN(c2ccccc2Cl)CC1. The fraction of sp³-hybridized carbons (Fsp3) is 0.280. The van der Waals surface area contributed by atoms with Crippen molar-refractivity contribution in [2.24, 2.45) is 0 Å². The Morgan fingerprint density at radius 3 is 2.13 bits per heavy atom. The van der Waals surface area contributed by atoms with Crippen LogP contribution in [0.15, 0.2) is 78.9 Å². The molecule has 0 aliphatic carbocycles. The van der Waals surface area contributed by atoms with E-state index in [-0.39, 0.29) is 6.61 Å². The van der Waals surface area contributed by atoms with Crippen LogP contribution in [0, 0.1) is 0 Å². The first-order valence-corrected chi connectivity index (χ1v) is 10.7. The van der Waals surface area contributed by atoms with Gasteiger partial charge in [-0.3, -0.25) is 4.90 Å². The van der Waals surface area contributed by atoms with Crippen LogP contribution in [0.2, 0.25) is 5.02 Å². The lowest BCUT2D eigenvalue weighted by molar-refractivity contribution is 0.0663. The smallest absolute Gasteiger partial charge is 0.119 e. The zero-order valence-corrected chi connectivity index (χ0v) is 17.7. The van der Waals surface area contributed by atoms with E-state index in [0.29, 0.717) is 6.54 Å². The van der Waals surface area contributed by atoms with Crippen LogP contribution in [-0.4, -0.2) is 55.4 Å². The standard InChI is InChI=1S/C25H27ClN2O2/c26-24-8-4-5-9-25(24)28-16-14-27(15-17-28)18-22(29)19-30-23-12-10-21(11-13-23)20-6-2-1-3-7-20/h1-13,22,29H,14-19H2. The van der Waals surface area contributed by atoms with Crippen LogP contribution >= 0.6 is 11.6 Å². The van der Waals surface area contributed by atoms with Crippen LogP contribution in [0.5, 0.6) is 5.75 Å². The number of piperazine rings is 1. The van der Waals surface area contributed by atoms with E-state index < -0.39 is 6.10 Å². The van der Waals surface area contributed by atoms with Crippen LogP contribution in [-0.2, 0) is 0 Å². The Hall–Kier alpha value is -2.53. The molecule has 0 radical (unpaired) electrons. The Morgan fingerprint density at radius 1 is 0.800 bits per heavy atom. The Kier molecular flexibility index (Phi) is 6.90. The van der Waals surface area contributed by atoms with Crippen molar-refractivity contribution in [2.75, 3.05) is 44.2 Å². The summed E-state index contributed by atoms with van der Waals surface area (Å²) in [5.41, 5.74) is 3.42. The number of halogens is 1. The fourth-order valence-electron chi connectivity index (χ4n) is 3.80. The van der Waals surface area contributed by atoms with Crippen molar-refractivity contribution in [1.82, 2.24) is 4.90 Å². The van der Waals surface area contributed by atoms with E-state index >= 15 is 0 Å². The van der Waals surface area contributed by atoms with E-state index in [4.69, 9.17) is 16.3 Å². The van der Waals surface area contributed by atoms with E-state index in [1.54, 1.807) is 0 Å². The highest BCUT2D eigenvalue weighted by molar-refractivity contribution is 6.33. The molecule has 1 heterocycles. The molecule has 156 valence electrons. The Labute approximate surface area is 183 Å². The Bertz CT molecular complexity index is 925. The third-order valence-corrected chi connectivity index (χ3v) is 5.76. The summed E-state index contributed by atoms with van der Waals surface area (Å²) in [7, 11) is 0. The topological polar surface area (TPSA) is 35.9 Å². The van der Waals surface area contributed by atoms with Gasteiger partial charge in [0, 0.05) is 32.7 Å². The highest BCUT2D eigenvalue weighted by Crippen LogP contribution is 2.26. The molecule has 0 spiro atoms. The Balaban J connectivity index is 1.22. The molecule has 4 rings (SSSR count). The van der Waals surface area contributed by atoms with Gasteiger partial charge in [-0.25, -0.2) is 0 Å². The van der Waals surface area contributed by atoms with Crippen molar-refractivity contribution in [3.8, 4) is 16.9 Å². The number of aliphatic hydroxyl groups is 1. The number of β-amino-alcohol motifs (C(OH)–C–C–N with tert-alkyl or cyclic N) is 1. The maximum Gasteiger partial charge on any atom is 0.119 e. The average molecular weight is 423 g/mol. The number of anilines is 1. The van der Waals surface area contributed by atoms with Crippen LogP contribution in [0.3, 0.4) is 0 Å². The third kappa shape index (κ3) is 5.33. The van der Waals surface area contributed by atoms with Gasteiger partial charge in [0.25, 0.3) is 0 Å². The predicted octanol–water partition coefficient (Wildman–Crippen LogP) is 4.57. The summed E-state index contributed by atoms with van der Waals surface area (Å²) in [5, 5.41) is 11.2. The molecule has 0 saturated carbocycles. The van der Waals surface area contributed by atoms with E-state index in [0.717, 1.165) is 48.2 Å². The second-order valence-electron chi connectivity index (χ2n) is 7.59. The molecule has 30 heavy (non-hydrogen) atoms. The fourth-order valence-corrected chi connectivity index (χ4v) is 4.05. The first-order chi connectivity index (χ1) is 14.7. The molecule has 0 bridgehead atoms. The van der Waals surface area contributed by atoms with Gasteiger partial charge in [-0.05, 0) is 35.4 Å². The van der Waals surface area contributed by atoms with Gasteiger partial charge < -0.3 is 14.7 Å². The molecule has 3 aromatic carbocycles. The lowest BCUT2D eigenvalue weighted by Gasteiger charge is -2.37. The summed E-state index contributed by atoms with van der Waals surface area (Å²) in [4.78, 5) is 4.58. The summed E-state index contributed by atoms with van der Waals surface area (Å²) in [6.45, 7) is 4.49. The van der Waals surface area contributed by atoms with E-state index in [2.05, 4.69) is 28.0 Å². The zero-order valence-electron chi connectivity index (χ0n) is 17.0. The molecule has 1 atom stereocenters. The highest BCUT2D eigenvalue weighted by atomic mass is 35.5. The average Bonchev–Trinajstić information content (AvgIpc) is 2.80. The number of para-hydroxylation sites is 1. The van der Waals surface area contributed by atoms with Gasteiger partial charge in [0.05, 0.1) is 10.7 Å². The van der Waals surface area contributed by atoms with E-state index in [1.807, 2.05) is 60.7 Å². The van der Waals surface area contributed by atoms with Gasteiger partial charge in [0.2, 0.25) is 0 Å². The first kappa shape index (κ1) is 20.7. The summed E-state index contributed by atoms with van der Waals surface area (Å²) in [6, 6.07) is 26.2. The maximum absolute atomic E-state index is 10.4. The second-order valence-corrected chi connectivity index (χ2v) is 8.00. The van der Waals surface area contributed by atoms with Gasteiger partial charge in [0.15, 0.2) is 0 Å². The number of nitrogens with zero attached hydrogens (tertiary/aromatic N) is 2. The number of rotatable bonds is 7. The predicted molar refractivity (Wildman–Crippen MR) is 123 cm³/mol. The molecule has 1 aliphatic heterocycles. The molecule has 0 amide bonds. The van der Waals surface area contributed by atoms with Crippen LogP contribution in [0.1, 0.15) is 0 Å². The summed E-state index contributed by atoms with van der Waals surface area (Å²) >= 11 is 6.31. The van der Waals surface area contributed by atoms with Gasteiger partial charge in [-0.1, -0.05) is 66.2 Å². The third-order valence-electron chi connectivity index (χ3n) is 5.44. The van der Waals surface area contributed by atoms with E-state index in [1.165, 1.54) is 5.56 Å². The number of benzene rings is 3. The molecular weight excluding hydrogens is 396 g/mol. The molecule has 1 aliphatic rings. The van der Waals surface area contributed by atoms with Crippen molar-refractivity contribution in [2.45, 2.75) is 6.10 Å². The summed E-state index contributed by atoms with van der Waals surface area (Å²) in [5.74, 6) is 0.775. The monoisotopic (exact) mass is 422 g/mol.